The minimum Gasteiger partial charge on any atom is -0.477 e. The molecule has 0 heterocycles. The van der Waals surface area contributed by atoms with E-state index in [9.17, 15) is 19.5 Å². The lowest BCUT2D eigenvalue weighted by atomic mass is 10.1. The van der Waals surface area contributed by atoms with E-state index in [1.54, 1.807) is 0 Å². The fourth-order valence-electron chi connectivity index (χ4n) is 4.96. The number of likely N-dealkylation sites (N-methyl/N-ethyl adjacent to an activating group) is 1. The van der Waals surface area contributed by atoms with E-state index in [1.807, 2.05) is 131 Å². The number of carbonyl (C=O) groups is 3. The second kappa shape index (κ2) is 37.4. The van der Waals surface area contributed by atoms with Crippen molar-refractivity contribution in [2.45, 2.75) is 109 Å². The van der Waals surface area contributed by atoms with Crippen molar-refractivity contribution in [2.24, 2.45) is 0 Å². The van der Waals surface area contributed by atoms with Crippen LogP contribution in [0.4, 0.5) is 0 Å². The van der Waals surface area contributed by atoms with Crippen molar-refractivity contribution in [3.63, 3.8) is 0 Å². The smallest absolute Gasteiger partial charge is 0.362 e. The number of carboxylic acid groups (broad SMARTS) is 1. The standard InChI is InChI=1S/C48H71NO7/c1-6-8-10-12-14-16-18-20-22-23-25-26-28-30-32-34-36-38-46(50)55-43-44(42-54-41-40-45(48(52)53)49(3,4)5)56-47(51)39-37-35-33-31-29-27-24-21-19-17-15-13-11-9-7-2/h8-29,44-45H,6-7,30-43H2,1-5H3/p+1/b10-8+,11-9+,14-12+,15-13+,18-16+,19-17+,22-20+,24-21+,25-23+,28-26+,29-27+. The van der Waals surface area contributed by atoms with Crippen LogP contribution < -0.4 is 0 Å². The predicted molar refractivity (Wildman–Crippen MR) is 233 cm³/mol. The van der Waals surface area contributed by atoms with Gasteiger partial charge < -0.3 is 23.8 Å². The molecular formula is C48H72NO7+. The van der Waals surface area contributed by atoms with E-state index in [2.05, 4.69) is 38.2 Å². The van der Waals surface area contributed by atoms with Crippen molar-refractivity contribution >= 4 is 17.9 Å². The summed E-state index contributed by atoms with van der Waals surface area (Å²) in [4.78, 5) is 36.9. The van der Waals surface area contributed by atoms with E-state index < -0.39 is 18.1 Å². The van der Waals surface area contributed by atoms with Gasteiger partial charge in [0.2, 0.25) is 0 Å². The van der Waals surface area contributed by atoms with E-state index in [-0.39, 0.29) is 49.1 Å². The Bertz CT molecular complexity index is 1370. The third-order valence-corrected chi connectivity index (χ3v) is 8.08. The molecule has 8 heteroatoms. The first-order valence-corrected chi connectivity index (χ1v) is 20.4. The summed E-state index contributed by atoms with van der Waals surface area (Å²) in [5, 5.41) is 9.60. The number of rotatable bonds is 33. The van der Waals surface area contributed by atoms with Gasteiger partial charge in [-0.1, -0.05) is 160 Å². The molecule has 2 atom stereocenters. The highest BCUT2D eigenvalue weighted by atomic mass is 16.6. The molecule has 0 fully saturated rings. The van der Waals surface area contributed by atoms with Gasteiger partial charge in [-0.3, -0.25) is 9.59 Å². The molecule has 0 radical (unpaired) electrons. The number of esters is 2. The normalized spacial score (nSPS) is 14.4. The van der Waals surface area contributed by atoms with E-state index >= 15 is 0 Å². The summed E-state index contributed by atoms with van der Waals surface area (Å²) < 4.78 is 17.1. The van der Waals surface area contributed by atoms with Gasteiger partial charge in [-0.2, -0.15) is 0 Å². The van der Waals surface area contributed by atoms with Crippen molar-refractivity contribution in [2.75, 3.05) is 41.0 Å². The minimum atomic E-state index is -0.898. The van der Waals surface area contributed by atoms with Crippen LogP contribution in [-0.4, -0.2) is 80.6 Å². The molecule has 0 saturated heterocycles. The molecule has 310 valence electrons. The Hall–Kier alpha value is -4.53. The molecule has 0 aliphatic heterocycles. The van der Waals surface area contributed by atoms with Crippen molar-refractivity contribution in [1.29, 1.82) is 0 Å². The zero-order valence-corrected chi connectivity index (χ0v) is 35.0. The number of nitrogens with zero attached hydrogens (tertiary/aromatic N) is 1. The molecule has 0 aromatic rings. The van der Waals surface area contributed by atoms with Gasteiger partial charge in [0.05, 0.1) is 34.4 Å². The Labute approximate surface area is 339 Å². The lowest BCUT2D eigenvalue weighted by Crippen LogP contribution is -2.50. The zero-order valence-electron chi connectivity index (χ0n) is 35.0. The Morgan fingerprint density at radius 3 is 1.36 bits per heavy atom. The molecule has 1 N–H and O–H groups in total. The van der Waals surface area contributed by atoms with Gasteiger partial charge in [0.25, 0.3) is 0 Å². The average molecular weight is 775 g/mol. The third-order valence-electron chi connectivity index (χ3n) is 8.08. The molecule has 8 nitrogen and oxygen atoms in total. The lowest BCUT2D eigenvalue weighted by molar-refractivity contribution is -0.887. The van der Waals surface area contributed by atoms with Crippen molar-refractivity contribution < 1.29 is 38.2 Å². The van der Waals surface area contributed by atoms with E-state index in [4.69, 9.17) is 14.2 Å². The Morgan fingerprint density at radius 1 is 0.536 bits per heavy atom. The van der Waals surface area contributed by atoms with Gasteiger partial charge in [-0.25, -0.2) is 4.79 Å². The Morgan fingerprint density at radius 2 is 0.946 bits per heavy atom. The number of carbonyl (C=O) groups excluding carboxylic acids is 2. The summed E-state index contributed by atoms with van der Waals surface area (Å²) in [6.45, 7) is 4.30. The fourth-order valence-corrected chi connectivity index (χ4v) is 4.96. The molecule has 2 unspecified atom stereocenters. The van der Waals surface area contributed by atoms with Crippen LogP contribution in [0.25, 0.3) is 0 Å². The Kier molecular flexibility index (Phi) is 34.4. The van der Waals surface area contributed by atoms with Crippen molar-refractivity contribution in [3.05, 3.63) is 134 Å². The number of ether oxygens (including phenoxy) is 3. The molecule has 0 spiro atoms. The predicted octanol–water partition coefficient (Wildman–Crippen LogP) is 10.8. The molecule has 0 aromatic carbocycles. The number of hydrogen-bond acceptors (Lipinski definition) is 6. The van der Waals surface area contributed by atoms with Gasteiger partial charge in [-0.15, -0.1) is 0 Å². The first-order valence-electron chi connectivity index (χ1n) is 20.4. The highest BCUT2D eigenvalue weighted by molar-refractivity contribution is 5.72. The lowest BCUT2D eigenvalue weighted by Gasteiger charge is -2.31. The summed E-state index contributed by atoms with van der Waals surface area (Å²) in [5.41, 5.74) is 0. The molecule has 0 saturated carbocycles. The number of unbranched alkanes of at least 4 members (excludes halogenated alkanes) is 6. The number of hydrogen-bond donors (Lipinski definition) is 1. The van der Waals surface area contributed by atoms with E-state index in [1.165, 1.54) is 0 Å². The minimum absolute atomic E-state index is 0.0176. The number of allylic oxidation sites excluding steroid dienone is 22. The fraction of sp³-hybridized carbons (Fsp3) is 0.479. The number of quaternary nitrogens is 1. The highest BCUT2D eigenvalue weighted by Gasteiger charge is 2.31. The van der Waals surface area contributed by atoms with Crippen LogP contribution in [0.3, 0.4) is 0 Å². The maximum Gasteiger partial charge on any atom is 0.362 e. The maximum atomic E-state index is 12.7. The number of carboxylic acids is 1. The quantitative estimate of drug-likeness (QED) is 0.0307. The highest BCUT2D eigenvalue weighted by Crippen LogP contribution is 2.11. The van der Waals surface area contributed by atoms with Crippen LogP contribution in [0, 0.1) is 0 Å². The maximum absolute atomic E-state index is 12.7. The largest absolute Gasteiger partial charge is 0.477 e. The van der Waals surface area contributed by atoms with Gasteiger partial charge in [0.15, 0.2) is 12.1 Å². The molecular weight excluding hydrogens is 703 g/mol. The van der Waals surface area contributed by atoms with Crippen molar-refractivity contribution in [1.82, 2.24) is 0 Å². The zero-order chi connectivity index (χ0) is 41.4. The molecule has 0 amide bonds. The van der Waals surface area contributed by atoms with Crippen LogP contribution >= 0.6 is 0 Å². The second-order valence-corrected chi connectivity index (χ2v) is 14.1. The van der Waals surface area contributed by atoms with Crippen LogP contribution in [0.5, 0.6) is 0 Å². The summed E-state index contributed by atoms with van der Waals surface area (Å²) in [6, 6.07) is -0.639. The molecule has 56 heavy (non-hydrogen) atoms. The van der Waals surface area contributed by atoms with Gasteiger partial charge in [0.1, 0.15) is 6.61 Å². The van der Waals surface area contributed by atoms with Gasteiger partial charge >= 0.3 is 17.9 Å². The first kappa shape index (κ1) is 51.5. The Balaban J connectivity index is 4.61. The van der Waals surface area contributed by atoms with Crippen LogP contribution in [-0.2, 0) is 28.6 Å². The molecule has 0 rings (SSSR count). The first-order chi connectivity index (χ1) is 27.1. The second-order valence-electron chi connectivity index (χ2n) is 14.1. The molecule has 0 aliphatic carbocycles. The SMILES string of the molecule is CC/C=C/C=C/C=C/C=C/C=C/C=C/CCCCCC(=O)OCC(COCCC(C(=O)O)[N+](C)(C)C)OC(=O)CCCCC/C=C/C=C/C=C/C=C/C=C/CC. The summed E-state index contributed by atoms with van der Waals surface area (Å²) in [7, 11) is 5.47. The summed E-state index contributed by atoms with van der Waals surface area (Å²) in [5.74, 6) is -1.61. The molecule has 0 aliphatic rings. The van der Waals surface area contributed by atoms with Crippen molar-refractivity contribution in [3.8, 4) is 0 Å². The van der Waals surface area contributed by atoms with Gasteiger partial charge in [-0.05, 0) is 51.4 Å². The monoisotopic (exact) mass is 775 g/mol. The molecule has 0 aromatic heterocycles. The number of aliphatic carboxylic acids is 1. The van der Waals surface area contributed by atoms with Gasteiger partial charge in [0, 0.05) is 19.3 Å². The molecule has 0 bridgehead atoms. The van der Waals surface area contributed by atoms with Crippen LogP contribution in [0.2, 0.25) is 0 Å². The topological polar surface area (TPSA) is 99.1 Å². The van der Waals surface area contributed by atoms with Crippen LogP contribution in [0.1, 0.15) is 97.3 Å². The van der Waals surface area contributed by atoms with Crippen LogP contribution in [0.15, 0.2) is 134 Å². The summed E-state index contributed by atoms with van der Waals surface area (Å²) >= 11 is 0. The van der Waals surface area contributed by atoms with E-state index in [0.29, 0.717) is 19.3 Å². The summed E-state index contributed by atoms with van der Waals surface area (Å²) in [6.07, 6.45) is 53.5. The van der Waals surface area contributed by atoms with E-state index in [0.717, 1.165) is 51.4 Å². The average Bonchev–Trinajstić information content (AvgIpc) is 3.15. The third kappa shape index (κ3) is 35.2.